The molecule has 0 amide bonds. The van der Waals surface area contributed by atoms with E-state index in [4.69, 9.17) is 0 Å². The van der Waals surface area contributed by atoms with Crippen molar-refractivity contribution in [2.24, 2.45) is 0 Å². The van der Waals surface area contributed by atoms with Crippen LogP contribution < -0.4 is 4.90 Å². The molecule has 53 heavy (non-hydrogen) atoms. The molecule has 0 spiro atoms. The third-order valence-electron chi connectivity index (χ3n) is 10.6. The van der Waals surface area contributed by atoms with Gasteiger partial charge in [-0.1, -0.05) is 140 Å². The lowest BCUT2D eigenvalue weighted by Gasteiger charge is -2.26. The third-order valence-corrected chi connectivity index (χ3v) is 13.1. The van der Waals surface area contributed by atoms with Crippen molar-refractivity contribution < 1.29 is 0 Å². The van der Waals surface area contributed by atoms with Gasteiger partial charge in [0.25, 0.3) is 0 Å². The minimum atomic E-state index is 1.14. The van der Waals surface area contributed by atoms with Crippen molar-refractivity contribution in [2.75, 3.05) is 4.90 Å². The lowest BCUT2D eigenvalue weighted by atomic mass is 9.94. The monoisotopic (exact) mass is 709 g/mol. The van der Waals surface area contributed by atoms with E-state index >= 15 is 0 Å². The molecule has 3 heteroatoms. The van der Waals surface area contributed by atoms with Gasteiger partial charge in [-0.2, -0.15) is 0 Å². The van der Waals surface area contributed by atoms with Gasteiger partial charge in [0.05, 0.1) is 0 Å². The topological polar surface area (TPSA) is 3.24 Å². The van der Waals surface area contributed by atoms with Crippen LogP contribution in [0.1, 0.15) is 0 Å². The van der Waals surface area contributed by atoms with E-state index in [2.05, 4.69) is 193 Å². The van der Waals surface area contributed by atoms with Gasteiger partial charge in [0, 0.05) is 68.4 Å². The maximum Gasteiger partial charge on any atom is 0.0468 e. The highest BCUT2D eigenvalue weighted by atomic mass is 32.1. The van der Waals surface area contributed by atoms with E-state index < -0.39 is 0 Å². The first-order valence-electron chi connectivity index (χ1n) is 18.0. The Bertz CT molecular complexity index is 3170. The van der Waals surface area contributed by atoms with Gasteiger partial charge in [0.15, 0.2) is 0 Å². The van der Waals surface area contributed by atoms with E-state index in [0.29, 0.717) is 0 Å². The quantitative estimate of drug-likeness (QED) is 0.172. The molecule has 2 aromatic heterocycles. The molecule has 0 aliphatic carbocycles. The van der Waals surface area contributed by atoms with Gasteiger partial charge >= 0.3 is 0 Å². The molecule has 0 saturated heterocycles. The molecule has 0 aliphatic heterocycles. The molecule has 11 rings (SSSR count). The van der Waals surface area contributed by atoms with Crippen molar-refractivity contribution in [2.45, 2.75) is 0 Å². The summed E-state index contributed by atoms with van der Waals surface area (Å²) in [5, 5.41) is 10.3. The Morgan fingerprint density at radius 1 is 0.302 bits per heavy atom. The average molecular weight is 710 g/mol. The first kappa shape index (κ1) is 30.4. The summed E-state index contributed by atoms with van der Waals surface area (Å²) in [6.07, 6.45) is 0. The number of para-hydroxylation sites is 1. The molecule has 0 N–H and O–H groups in total. The maximum absolute atomic E-state index is 2.47. The molecular formula is C50H31NS2. The molecular weight excluding hydrogens is 679 g/mol. The highest BCUT2D eigenvalue weighted by Gasteiger charge is 2.20. The van der Waals surface area contributed by atoms with Crippen LogP contribution >= 0.6 is 22.7 Å². The van der Waals surface area contributed by atoms with Crippen LogP contribution in [0.25, 0.3) is 84.1 Å². The minimum absolute atomic E-state index is 1.14. The lowest BCUT2D eigenvalue weighted by molar-refractivity contribution is 1.30. The molecule has 0 saturated carbocycles. The molecule has 9 aromatic carbocycles. The Kier molecular flexibility index (Phi) is 6.97. The second-order valence-electron chi connectivity index (χ2n) is 13.7. The van der Waals surface area contributed by atoms with Crippen LogP contribution in [-0.2, 0) is 0 Å². The second kappa shape index (κ2) is 12.2. The zero-order chi connectivity index (χ0) is 34.9. The van der Waals surface area contributed by atoms with Crippen molar-refractivity contribution >= 4 is 102 Å². The fourth-order valence-corrected chi connectivity index (χ4v) is 10.7. The fourth-order valence-electron chi connectivity index (χ4n) is 8.17. The number of anilines is 3. The summed E-state index contributed by atoms with van der Waals surface area (Å²) in [4.78, 5) is 2.39. The third kappa shape index (κ3) is 4.89. The number of thiophene rings is 2. The highest BCUT2D eigenvalue weighted by Crippen LogP contribution is 2.49. The van der Waals surface area contributed by atoms with E-state index in [1.807, 2.05) is 22.7 Å². The van der Waals surface area contributed by atoms with E-state index in [9.17, 15) is 0 Å². The van der Waals surface area contributed by atoms with E-state index in [1.165, 1.54) is 84.1 Å². The molecule has 0 unspecified atom stereocenters. The molecule has 2 heterocycles. The summed E-state index contributed by atoms with van der Waals surface area (Å²) in [6.45, 7) is 0. The number of nitrogens with zero attached hydrogens (tertiary/aromatic N) is 1. The molecule has 1 nitrogen and oxygen atoms in total. The molecule has 0 atom stereocenters. The van der Waals surface area contributed by atoms with E-state index in [1.54, 1.807) is 0 Å². The van der Waals surface area contributed by atoms with Crippen LogP contribution in [0, 0.1) is 0 Å². The van der Waals surface area contributed by atoms with Gasteiger partial charge in [-0.25, -0.2) is 0 Å². The van der Waals surface area contributed by atoms with Crippen molar-refractivity contribution in [3.8, 4) is 22.3 Å². The lowest BCUT2D eigenvalue weighted by Crippen LogP contribution is -2.09. The molecule has 0 radical (unpaired) electrons. The van der Waals surface area contributed by atoms with Gasteiger partial charge in [-0.05, 0) is 81.4 Å². The van der Waals surface area contributed by atoms with Crippen molar-refractivity contribution in [3.63, 3.8) is 0 Å². The molecule has 0 bridgehead atoms. The van der Waals surface area contributed by atoms with Crippen LogP contribution in [0.15, 0.2) is 188 Å². The standard InChI is InChI=1S/C50H31NS2/c1-3-14-33(15-4-1)38-21-11-22-41-42-23-12-24-43(49(42)53-48(38)41)44-31-46-45-30-37(27-28-47(45)52-50(46)40-20-10-9-19-39(40)44)51(35-17-5-2-6-18-35)36-26-25-32-13-7-8-16-34(32)29-36/h1-31H. The van der Waals surface area contributed by atoms with Crippen LogP contribution in [0.3, 0.4) is 0 Å². The van der Waals surface area contributed by atoms with E-state index in [-0.39, 0.29) is 0 Å². The maximum atomic E-state index is 2.47. The summed E-state index contributed by atoms with van der Waals surface area (Å²) in [7, 11) is 0. The molecule has 11 aromatic rings. The number of rotatable bonds is 5. The number of hydrogen-bond donors (Lipinski definition) is 0. The number of fused-ring (bicyclic) bond motifs is 9. The van der Waals surface area contributed by atoms with E-state index in [0.717, 1.165) is 17.1 Å². The minimum Gasteiger partial charge on any atom is -0.310 e. The first-order chi connectivity index (χ1) is 26.3. The average Bonchev–Trinajstić information content (AvgIpc) is 3.80. The number of benzene rings is 9. The normalized spacial score (nSPS) is 11.8. The van der Waals surface area contributed by atoms with Gasteiger partial charge in [-0.15, -0.1) is 22.7 Å². The molecule has 248 valence electrons. The van der Waals surface area contributed by atoms with Gasteiger partial charge < -0.3 is 4.90 Å². The summed E-state index contributed by atoms with van der Waals surface area (Å²) in [6, 6.07) is 69.0. The smallest absolute Gasteiger partial charge is 0.0468 e. The Balaban J connectivity index is 1.15. The van der Waals surface area contributed by atoms with Gasteiger partial charge in [0.2, 0.25) is 0 Å². The predicted octanol–water partition coefficient (Wildman–Crippen LogP) is 15.5. The van der Waals surface area contributed by atoms with Crippen molar-refractivity contribution in [3.05, 3.63) is 188 Å². The molecule has 0 fully saturated rings. The Morgan fingerprint density at radius 3 is 1.72 bits per heavy atom. The van der Waals surface area contributed by atoms with Crippen LogP contribution in [-0.4, -0.2) is 0 Å². The van der Waals surface area contributed by atoms with Crippen LogP contribution in [0.5, 0.6) is 0 Å². The molecule has 0 aliphatic rings. The number of hydrogen-bond acceptors (Lipinski definition) is 3. The SMILES string of the molecule is c1ccc(-c2cccc3c2sc2c(-c4cc5c6cc(N(c7ccccc7)c7ccc8ccccc8c7)ccc6sc5c5ccccc45)cccc23)cc1. The van der Waals surface area contributed by atoms with Gasteiger partial charge in [0.1, 0.15) is 0 Å². The van der Waals surface area contributed by atoms with Crippen molar-refractivity contribution in [1.29, 1.82) is 0 Å². The van der Waals surface area contributed by atoms with Gasteiger partial charge in [-0.3, -0.25) is 0 Å². The summed E-state index contributed by atoms with van der Waals surface area (Å²) >= 11 is 3.82. The highest BCUT2D eigenvalue weighted by molar-refractivity contribution is 7.27. The summed E-state index contributed by atoms with van der Waals surface area (Å²) in [5.74, 6) is 0. The summed E-state index contributed by atoms with van der Waals surface area (Å²) in [5.41, 5.74) is 8.55. The Morgan fingerprint density at radius 2 is 0.906 bits per heavy atom. The zero-order valence-corrected chi connectivity index (χ0v) is 30.3. The van der Waals surface area contributed by atoms with Crippen LogP contribution in [0.2, 0.25) is 0 Å². The largest absolute Gasteiger partial charge is 0.310 e. The zero-order valence-electron chi connectivity index (χ0n) is 28.7. The Labute approximate surface area is 315 Å². The predicted molar refractivity (Wildman–Crippen MR) is 233 cm³/mol. The fraction of sp³-hybridized carbons (Fsp3) is 0. The van der Waals surface area contributed by atoms with Crippen molar-refractivity contribution in [1.82, 2.24) is 0 Å². The van der Waals surface area contributed by atoms with Crippen LogP contribution in [0.4, 0.5) is 17.1 Å². The Hall–Kier alpha value is -6.26. The second-order valence-corrected chi connectivity index (χ2v) is 15.7. The summed E-state index contributed by atoms with van der Waals surface area (Å²) < 4.78 is 5.31. The first-order valence-corrected chi connectivity index (χ1v) is 19.6.